The molecule has 5 heteroatoms. The van der Waals surface area contributed by atoms with Crippen LogP contribution in [0.4, 0.5) is 0 Å². The van der Waals surface area contributed by atoms with Gasteiger partial charge in [0.25, 0.3) is 5.91 Å². The second-order valence-corrected chi connectivity index (χ2v) is 5.97. The van der Waals surface area contributed by atoms with Crippen LogP contribution in [-0.2, 0) is 11.3 Å². The van der Waals surface area contributed by atoms with Gasteiger partial charge in [-0.05, 0) is 20.3 Å². The third-order valence-corrected chi connectivity index (χ3v) is 4.80. The highest BCUT2D eigenvalue weighted by atomic mass is 16.5. The molecule has 1 saturated carbocycles. The van der Waals surface area contributed by atoms with Gasteiger partial charge in [-0.15, -0.1) is 0 Å². The maximum Gasteiger partial charge on any atom is 0.254 e. The highest BCUT2D eigenvalue weighted by Crippen LogP contribution is 2.51. The lowest BCUT2D eigenvalue weighted by Gasteiger charge is -2.59. The summed E-state index contributed by atoms with van der Waals surface area (Å²) in [7, 11) is 1.73. The van der Waals surface area contributed by atoms with Crippen molar-refractivity contribution in [2.75, 3.05) is 7.11 Å². The molecule has 1 aromatic heterocycles. The van der Waals surface area contributed by atoms with Gasteiger partial charge >= 0.3 is 0 Å². The van der Waals surface area contributed by atoms with Gasteiger partial charge in [-0.3, -0.25) is 9.48 Å². The lowest BCUT2D eigenvalue weighted by atomic mass is 9.56. The smallest absolute Gasteiger partial charge is 0.254 e. The van der Waals surface area contributed by atoms with E-state index in [2.05, 4.69) is 31.2 Å². The molecule has 1 amide bonds. The number of methoxy groups -OCH3 is 1. The van der Waals surface area contributed by atoms with E-state index in [1.165, 1.54) is 0 Å². The van der Waals surface area contributed by atoms with E-state index in [0.29, 0.717) is 5.56 Å². The van der Waals surface area contributed by atoms with Gasteiger partial charge in [-0.1, -0.05) is 13.8 Å². The Bertz CT molecular complexity index is 481. The van der Waals surface area contributed by atoms with E-state index in [1.807, 2.05) is 6.92 Å². The number of nitrogens with zero attached hydrogens (tertiary/aromatic N) is 2. The summed E-state index contributed by atoms with van der Waals surface area (Å²) in [5.74, 6) is -0.0593. The fourth-order valence-electron chi connectivity index (χ4n) is 2.62. The number of carbonyl (C=O) groups is 1. The highest BCUT2D eigenvalue weighted by molar-refractivity contribution is 5.94. The largest absolute Gasteiger partial charge is 0.378 e. The second-order valence-electron chi connectivity index (χ2n) is 5.97. The number of amides is 1. The summed E-state index contributed by atoms with van der Waals surface area (Å²) < 4.78 is 7.31. The molecular weight excluding hydrogens is 242 g/mol. The lowest BCUT2D eigenvalue weighted by Crippen LogP contribution is -2.68. The van der Waals surface area contributed by atoms with Crippen molar-refractivity contribution >= 4 is 5.91 Å². The first-order valence-corrected chi connectivity index (χ1v) is 6.72. The van der Waals surface area contributed by atoms with Crippen molar-refractivity contribution in [2.45, 2.75) is 52.3 Å². The minimum absolute atomic E-state index is 0.0593. The first kappa shape index (κ1) is 14.1. The second kappa shape index (κ2) is 4.63. The molecule has 0 aromatic carbocycles. The molecule has 1 aliphatic rings. The van der Waals surface area contributed by atoms with E-state index in [0.717, 1.165) is 13.0 Å². The Labute approximate surface area is 114 Å². The molecule has 2 unspecified atom stereocenters. The standard InChI is InChI=1S/C14H23N3O2/c1-6-17-9-10(8-15-17)12(18)16-11-7-14(4,19-5)13(11,2)3/h8-9,11H,6-7H2,1-5H3,(H,16,18). The van der Waals surface area contributed by atoms with Crippen LogP contribution in [0.1, 0.15) is 44.5 Å². The fourth-order valence-corrected chi connectivity index (χ4v) is 2.62. The van der Waals surface area contributed by atoms with Gasteiger partial charge in [0.15, 0.2) is 0 Å². The third kappa shape index (κ3) is 2.16. The van der Waals surface area contributed by atoms with Crippen LogP contribution in [0.25, 0.3) is 0 Å². The number of hydrogen-bond acceptors (Lipinski definition) is 3. The predicted molar refractivity (Wildman–Crippen MR) is 73.0 cm³/mol. The Morgan fingerprint density at radius 1 is 1.58 bits per heavy atom. The fraction of sp³-hybridized carbons (Fsp3) is 0.714. The molecule has 1 fully saturated rings. The van der Waals surface area contributed by atoms with E-state index in [9.17, 15) is 4.79 Å². The minimum atomic E-state index is -0.168. The summed E-state index contributed by atoms with van der Waals surface area (Å²) in [6.07, 6.45) is 4.22. The summed E-state index contributed by atoms with van der Waals surface area (Å²) in [4.78, 5) is 12.2. The van der Waals surface area contributed by atoms with Gasteiger partial charge in [-0.2, -0.15) is 5.10 Å². The molecule has 1 aromatic rings. The maximum atomic E-state index is 12.2. The third-order valence-electron chi connectivity index (χ3n) is 4.80. The molecule has 19 heavy (non-hydrogen) atoms. The molecule has 0 saturated heterocycles. The van der Waals surface area contributed by atoms with Gasteiger partial charge in [0.05, 0.1) is 17.4 Å². The van der Waals surface area contributed by atoms with Crippen LogP contribution in [0.3, 0.4) is 0 Å². The van der Waals surface area contributed by atoms with Crippen molar-refractivity contribution in [1.29, 1.82) is 0 Å². The van der Waals surface area contributed by atoms with Gasteiger partial charge in [-0.25, -0.2) is 0 Å². The minimum Gasteiger partial charge on any atom is -0.378 e. The van der Waals surface area contributed by atoms with E-state index >= 15 is 0 Å². The summed E-state index contributed by atoms with van der Waals surface area (Å²) in [5, 5.41) is 7.20. The van der Waals surface area contributed by atoms with Crippen LogP contribution in [0.5, 0.6) is 0 Å². The number of carbonyl (C=O) groups excluding carboxylic acids is 1. The maximum absolute atomic E-state index is 12.2. The Morgan fingerprint density at radius 2 is 2.26 bits per heavy atom. The van der Waals surface area contributed by atoms with Crippen molar-refractivity contribution in [3.05, 3.63) is 18.0 Å². The molecule has 5 nitrogen and oxygen atoms in total. The van der Waals surface area contributed by atoms with Crippen LogP contribution >= 0.6 is 0 Å². The zero-order valence-electron chi connectivity index (χ0n) is 12.4. The first-order chi connectivity index (χ1) is 8.84. The number of aryl methyl sites for hydroxylation is 1. The molecule has 0 radical (unpaired) electrons. The zero-order chi connectivity index (χ0) is 14.3. The number of aromatic nitrogens is 2. The van der Waals surface area contributed by atoms with Crippen molar-refractivity contribution in [1.82, 2.24) is 15.1 Å². The molecule has 1 N–H and O–H groups in total. The average molecular weight is 265 g/mol. The molecule has 2 atom stereocenters. The van der Waals surface area contributed by atoms with Crippen LogP contribution in [0.15, 0.2) is 12.4 Å². The Balaban J connectivity index is 2.01. The predicted octanol–water partition coefficient (Wildman–Crippen LogP) is 1.84. The Kier molecular flexibility index (Phi) is 3.43. The van der Waals surface area contributed by atoms with Crippen molar-refractivity contribution < 1.29 is 9.53 Å². The molecule has 0 aliphatic heterocycles. The van der Waals surface area contributed by atoms with E-state index in [4.69, 9.17) is 4.74 Å². The van der Waals surface area contributed by atoms with Crippen LogP contribution in [0, 0.1) is 5.41 Å². The summed E-state index contributed by atoms with van der Waals surface area (Å²) in [6, 6.07) is 0.134. The molecule has 106 valence electrons. The van der Waals surface area contributed by atoms with Gasteiger partial charge in [0, 0.05) is 31.3 Å². The zero-order valence-corrected chi connectivity index (χ0v) is 12.4. The Morgan fingerprint density at radius 3 is 2.74 bits per heavy atom. The number of ether oxygens (including phenoxy) is 1. The molecule has 0 spiro atoms. The first-order valence-electron chi connectivity index (χ1n) is 6.72. The molecule has 0 bridgehead atoms. The van der Waals surface area contributed by atoms with Gasteiger partial charge in [0.1, 0.15) is 0 Å². The average Bonchev–Trinajstić information content (AvgIpc) is 2.86. The van der Waals surface area contributed by atoms with E-state index in [1.54, 1.807) is 24.2 Å². The number of hydrogen-bond donors (Lipinski definition) is 1. The lowest BCUT2D eigenvalue weighted by molar-refractivity contribution is -0.177. The topological polar surface area (TPSA) is 56.2 Å². The van der Waals surface area contributed by atoms with Crippen LogP contribution < -0.4 is 5.32 Å². The molecule has 2 rings (SSSR count). The number of rotatable bonds is 4. The molecule has 1 heterocycles. The van der Waals surface area contributed by atoms with E-state index < -0.39 is 0 Å². The van der Waals surface area contributed by atoms with Gasteiger partial charge < -0.3 is 10.1 Å². The van der Waals surface area contributed by atoms with Crippen molar-refractivity contribution in [2.24, 2.45) is 5.41 Å². The summed E-state index contributed by atoms with van der Waals surface area (Å²) >= 11 is 0. The Hall–Kier alpha value is -1.36. The van der Waals surface area contributed by atoms with Crippen molar-refractivity contribution in [3.8, 4) is 0 Å². The normalized spacial score (nSPS) is 28.8. The molecule has 1 aliphatic carbocycles. The van der Waals surface area contributed by atoms with Crippen LogP contribution in [-0.4, -0.2) is 34.4 Å². The quantitative estimate of drug-likeness (QED) is 0.903. The van der Waals surface area contributed by atoms with Crippen LogP contribution in [0.2, 0.25) is 0 Å². The molecular formula is C14H23N3O2. The number of nitrogens with one attached hydrogen (secondary N) is 1. The monoisotopic (exact) mass is 265 g/mol. The summed E-state index contributed by atoms with van der Waals surface area (Å²) in [6.45, 7) is 9.10. The van der Waals surface area contributed by atoms with Crippen molar-refractivity contribution in [3.63, 3.8) is 0 Å². The van der Waals surface area contributed by atoms with Gasteiger partial charge in [0.2, 0.25) is 0 Å². The highest BCUT2D eigenvalue weighted by Gasteiger charge is 2.58. The van der Waals surface area contributed by atoms with E-state index in [-0.39, 0.29) is 23.0 Å². The SMILES string of the molecule is CCn1cc(C(=O)NC2CC(C)(OC)C2(C)C)cn1. The summed E-state index contributed by atoms with van der Waals surface area (Å²) in [5.41, 5.74) is 0.375.